The van der Waals surface area contributed by atoms with Crippen molar-refractivity contribution in [1.82, 2.24) is 0 Å². The van der Waals surface area contributed by atoms with E-state index in [1.807, 2.05) is 6.92 Å². The molecule has 0 aromatic rings. The van der Waals surface area contributed by atoms with Crippen molar-refractivity contribution in [3.8, 4) is 0 Å². The molecule has 10 atom stereocenters. The van der Waals surface area contributed by atoms with Crippen molar-refractivity contribution in [2.45, 2.75) is 117 Å². The van der Waals surface area contributed by atoms with Crippen LogP contribution in [-0.2, 0) is 19.1 Å². The van der Waals surface area contributed by atoms with Gasteiger partial charge in [-0.2, -0.15) is 0 Å². The van der Waals surface area contributed by atoms with Gasteiger partial charge in [-0.15, -0.1) is 0 Å². The zero-order valence-electron chi connectivity index (χ0n) is 22.9. The second-order valence-electron chi connectivity index (χ2n) is 14.2. The van der Waals surface area contributed by atoms with Gasteiger partial charge in [-0.25, -0.2) is 0 Å². The maximum absolute atomic E-state index is 13.0. The number of aliphatic hydroxyl groups excluding tert-OH is 2. The number of ether oxygens (including phenoxy) is 2. The van der Waals surface area contributed by atoms with Crippen LogP contribution in [0.25, 0.3) is 0 Å². The fraction of sp³-hybridized carbons (Fsp3) is 0.867. The molecule has 2 spiro atoms. The van der Waals surface area contributed by atoms with Crippen LogP contribution in [0.15, 0.2) is 11.1 Å². The standard InChI is InChI=1S/C30H44O6/c1-17-15-30(23(33)18(2)24(34)35-30)36-29(17)14-13-27(5)20-7-8-21-25(3,19(20)9-12-28(27,29)6)11-10-22(32)26(21,4)16-31/h17-18,21,23,31,33H,7-16H2,1-6H3/t17?,18?,21-,23?,25-,26-,27+,28+,29+,30-/m1/s1. The molecule has 0 radical (unpaired) electrons. The number of allylic oxidation sites excluding steroid dienone is 2. The number of fused-ring (bicyclic) bond motifs is 5. The van der Waals surface area contributed by atoms with Gasteiger partial charge in [0.05, 0.1) is 23.5 Å². The molecular weight excluding hydrogens is 456 g/mol. The van der Waals surface area contributed by atoms with Crippen molar-refractivity contribution in [2.75, 3.05) is 6.61 Å². The van der Waals surface area contributed by atoms with E-state index in [4.69, 9.17) is 9.47 Å². The van der Waals surface area contributed by atoms with Gasteiger partial charge in [-0.05, 0) is 74.5 Å². The van der Waals surface area contributed by atoms with Gasteiger partial charge in [0.1, 0.15) is 11.9 Å². The molecule has 200 valence electrons. The van der Waals surface area contributed by atoms with Gasteiger partial charge in [0.2, 0.25) is 5.79 Å². The Kier molecular flexibility index (Phi) is 5.04. The molecule has 6 aliphatic rings. The summed E-state index contributed by atoms with van der Waals surface area (Å²) in [5.41, 5.74) is 1.75. The van der Waals surface area contributed by atoms with Gasteiger partial charge in [0.15, 0.2) is 0 Å². The van der Waals surface area contributed by atoms with Crippen molar-refractivity contribution in [3.63, 3.8) is 0 Å². The number of hydrogen-bond acceptors (Lipinski definition) is 6. The zero-order valence-corrected chi connectivity index (χ0v) is 22.9. The van der Waals surface area contributed by atoms with E-state index in [0.29, 0.717) is 12.8 Å². The van der Waals surface area contributed by atoms with E-state index in [1.54, 1.807) is 18.1 Å². The molecule has 3 unspecified atom stereocenters. The summed E-state index contributed by atoms with van der Waals surface area (Å²) in [6, 6.07) is 0. The van der Waals surface area contributed by atoms with Crippen LogP contribution < -0.4 is 0 Å². The first-order valence-electron chi connectivity index (χ1n) is 14.2. The number of esters is 1. The molecule has 2 N–H and O–H groups in total. The van der Waals surface area contributed by atoms with Crippen LogP contribution in [0.2, 0.25) is 0 Å². The highest BCUT2D eigenvalue weighted by molar-refractivity contribution is 5.86. The number of carbonyl (C=O) groups is 2. The minimum absolute atomic E-state index is 0.0510. The average molecular weight is 501 g/mol. The van der Waals surface area contributed by atoms with E-state index >= 15 is 0 Å². The normalized spacial score (nSPS) is 56.2. The first-order chi connectivity index (χ1) is 16.7. The summed E-state index contributed by atoms with van der Waals surface area (Å²) < 4.78 is 12.8. The molecule has 6 nitrogen and oxygen atoms in total. The van der Waals surface area contributed by atoms with Crippen LogP contribution in [-0.4, -0.2) is 46.1 Å². The van der Waals surface area contributed by atoms with Gasteiger partial charge in [-0.1, -0.05) is 45.8 Å². The Hall–Kier alpha value is -1.24. The van der Waals surface area contributed by atoms with Crippen LogP contribution in [0.4, 0.5) is 0 Å². The molecule has 6 heteroatoms. The Bertz CT molecular complexity index is 1070. The van der Waals surface area contributed by atoms with Crippen molar-refractivity contribution in [3.05, 3.63) is 11.1 Å². The van der Waals surface area contributed by atoms with Gasteiger partial charge < -0.3 is 19.7 Å². The summed E-state index contributed by atoms with van der Waals surface area (Å²) in [5, 5.41) is 21.4. The van der Waals surface area contributed by atoms with Crippen LogP contribution in [0.3, 0.4) is 0 Å². The van der Waals surface area contributed by atoms with Crippen molar-refractivity contribution in [2.24, 2.45) is 39.4 Å². The summed E-state index contributed by atoms with van der Waals surface area (Å²) in [7, 11) is 0. The molecule has 0 aromatic heterocycles. The Labute approximate surface area is 215 Å². The molecule has 2 saturated heterocycles. The number of ketones is 1. The first-order valence-corrected chi connectivity index (χ1v) is 14.2. The maximum atomic E-state index is 13.0. The summed E-state index contributed by atoms with van der Waals surface area (Å²) in [6.07, 6.45) is 6.79. The maximum Gasteiger partial charge on any atom is 0.314 e. The average Bonchev–Trinajstić information content (AvgIpc) is 3.35. The third kappa shape index (κ3) is 2.55. The van der Waals surface area contributed by atoms with E-state index in [0.717, 1.165) is 44.9 Å². The fourth-order valence-corrected chi connectivity index (χ4v) is 10.6. The first kappa shape index (κ1) is 25.1. The Morgan fingerprint density at radius 3 is 2.31 bits per heavy atom. The number of rotatable bonds is 1. The lowest BCUT2D eigenvalue weighted by molar-refractivity contribution is -0.279. The topological polar surface area (TPSA) is 93.1 Å². The van der Waals surface area contributed by atoms with Crippen LogP contribution in [0.5, 0.6) is 0 Å². The summed E-state index contributed by atoms with van der Waals surface area (Å²) in [5.74, 6) is -1.60. The van der Waals surface area contributed by atoms with E-state index in [1.165, 1.54) is 0 Å². The lowest BCUT2D eigenvalue weighted by Crippen LogP contribution is -2.59. The largest absolute Gasteiger partial charge is 0.430 e. The van der Waals surface area contributed by atoms with Gasteiger partial charge in [-0.3, -0.25) is 9.59 Å². The smallest absolute Gasteiger partial charge is 0.314 e. The quantitative estimate of drug-likeness (QED) is 0.400. The summed E-state index contributed by atoms with van der Waals surface area (Å²) in [6.45, 7) is 13.1. The molecule has 4 fully saturated rings. The Morgan fingerprint density at radius 2 is 1.67 bits per heavy atom. The van der Waals surface area contributed by atoms with E-state index < -0.39 is 28.8 Å². The zero-order chi connectivity index (χ0) is 26.1. The van der Waals surface area contributed by atoms with Crippen molar-refractivity contribution >= 4 is 11.8 Å². The predicted octanol–water partition coefficient (Wildman–Crippen LogP) is 4.71. The highest BCUT2D eigenvalue weighted by Gasteiger charge is 2.76. The van der Waals surface area contributed by atoms with Crippen molar-refractivity contribution in [1.29, 1.82) is 0 Å². The number of carbonyl (C=O) groups excluding carboxylic acids is 2. The molecular formula is C30H44O6. The highest BCUT2D eigenvalue weighted by Crippen LogP contribution is 2.76. The number of aliphatic hydroxyl groups is 2. The minimum Gasteiger partial charge on any atom is -0.430 e. The monoisotopic (exact) mass is 500 g/mol. The lowest BCUT2D eigenvalue weighted by Gasteiger charge is -2.62. The third-order valence-electron chi connectivity index (χ3n) is 13.1. The molecule has 6 rings (SSSR count). The molecule has 4 aliphatic carbocycles. The molecule has 2 heterocycles. The summed E-state index contributed by atoms with van der Waals surface area (Å²) >= 11 is 0. The second kappa shape index (κ2) is 7.24. The van der Waals surface area contributed by atoms with E-state index in [9.17, 15) is 19.8 Å². The van der Waals surface area contributed by atoms with Gasteiger partial charge >= 0.3 is 5.97 Å². The van der Waals surface area contributed by atoms with Crippen LogP contribution >= 0.6 is 0 Å². The predicted molar refractivity (Wildman–Crippen MR) is 134 cm³/mol. The van der Waals surface area contributed by atoms with E-state index in [-0.39, 0.29) is 46.4 Å². The highest BCUT2D eigenvalue weighted by atomic mass is 16.7. The SMILES string of the molecule is CC1C(=O)O[C@@]2(CC(C)[C@]3(CC[C@@]4(C)C5=C(CC[C@@]43C)[C@@]3(C)CCC(=O)[C@](C)(CO)[C@@H]3CC5)O2)C1O. The lowest BCUT2D eigenvalue weighted by atomic mass is 9.43. The molecule has 2 saturated carbocycles. The number of hydrogen-bond donors (Lipinski definition) is 2. The molecule has 0 bridgehead atoms. The van der Waals surface area contributed by atoms with Crippen molar-refractivity contribution < 1.29 is 29.3 Å². The molecule has 0 amide bonds. The Balaban J connectivity index is 1.41. The van der Waals surface area contributed by atoms with E-state index in [2.05, 4.69) is 27.7 Å². The molecule has 36 heavy (non-hydrogen) atoms. The third-order valence-corrected chi connectivity index (χ3v) is 13.1. The number of Topliss-reactive ketones (excluding diaryl/α,β-unsaturated/α-hetero) is 1. The Morgan fingerprint density at radius 1 is 0.944 bits per heavy atom. The fourth-order valence-electron chi connectivity index (χ4n) is 10.6. The summed E-state index contributed by atoms with van der Waals surface area (Å²) in [4.78, 5) is 25.4. The molecule has 2 aliphatic heterocycles. The van der Waals surface area contributed by atoms with Crippen LogP contribution in [0, 0.1) is 39.4 Å². The van der Waals surface area contributed by atoms with Gasteiger partial charge in [0, 0.05) is 18.3 Å². The van der Waals surface area contributed by atoms with Gasteiger partial charge in [0.25, 0.3) is 0 Å². The molecule has 0 aromatic carbocycles. The second-order valence-corrected chi connectivity index (χ2v) is 14.2. The van der Waals surface area contributed by atoms with Crippen LogP contribution in [0.1, 0.15) is 99.3 Å². The minimum atomic E-state index is -1.23.